The number of carbonyl (C=O) groups excluding carboxylic acids is 1. The van der Waals surface area contributed by atoms with Crippen molar-refractivity contribution < 1.29 is 4.79 Å². The lowest BCUT2D eigenvalue weighted by molar-refractivity contribution is -0.117. The molecule has 2 heterocycles. The van der Waals surface area contributed by atoms with Gasteiger partial charge in [0.15, 0.2) is 0 Å². The summed E-state index contributed by atoms with van der Waals surface area (Å²) in [5.41, 5.74) is 2.04. The molecule has 0 spiro atoms. The van der Waals surface area contributed by atoms with Crippen molar-refractivity contribution in [3.8, 4) is 0 Å². The molecule has 2 saturated heterocycles. The Morgan fingerprint density at radius 2 is 1.96 bits per heavy atom. The first kappa shape index (κ1) is 19.8. The Hall–Kier alpha value is -0.910. The number of benzene rings is 1. The summed E-state index contributed by atoms with van der Waals surface area (Å²) in [4.78, 5) is 17.4. The van der Waals surface area contributed by atoms with Gasteiger partial charge in [0, 0.05) is 17.6 Å². The lowest BCUT2D eigenvalue weighted by Crippen LogP contribution is -2.45. The van der Waals surface area contributed by atoms with Crippen molar-refractivity contribution in [2.75, 3.05) is 44.6 Å². The number of nitrogens with zero attached hydrogens (tertiary/aromatic N) is 2. The Morgan fingerprint density at radius 1 is 1.19 bits per heavy atom. The minimum absolute atomic E-state index is 0.0852. The highest BCUT2D eigenvalue weighted by Gasteiger charge is 2.25. The maximum absolute atomic E-state index is 12.5. The molecule has 3 rings (SSSR count). The van der Waals surface area contributed by atoms with Crippen LogP contribution < -0.4 is 5.32 Å². The summed E-state index contributed by atoms with van der Waals surface area (Å²) in [5, 5.41) is 3.05. The van der Waals surface area contributed by atoms with E-state index in [4.69, 9.17) is 0 Å². The van der Waals surface area contributed by atoms with E-state index in [1.165, 1.54) is 50.9 Å². The van der Waals surface area contributed by atoms with E-state index in [2.05, 4.69) is 38.0 Å². The maximum atomic E-state index is 12.5. The summed E-state index contributed by atoms with van der Waals surface area (Å²) in [7, 11) is 0. The van der Waals surface area contributed by atoms with Crippen LogP contribution >= 0.6 is 15.9 Å². The maximum Gasteiger partial charge on any atom is 0.238 e. The summed E-state index contributed by atoms with van der Waals surface area (Å²) in [6, 6.07) is 6.02. The SMILES string of the molecule is Cc1ccc(NC(=O)CN2CCCC(CN3CCC(C)CC3)C2)c(Br)c1. The van der Waals surface area contributed by atoms with Crippen LogP contribution in [0.25, 0.3) is 0 Å². The zero-order valence-electron chi connectivity index (χ0n) is 16.1. The number of hydrogen-bond donors (Lipinski definition) is 1. The van der Waals surface area contributed by atoms with Gasteiger partial charge in [0.2, 0.25) is 5.91 Å². The van der Waals surface area contributed by atoms with Crippen molar-refractivity contribution in [1.29, 1.82) is 0 Å². The summed E-state index contributed by atoms with van der Waals surface area (Å²) < 4.78 is 0.946. The van der Waals surface area contributed by atoms with E-state index in [9.17, 15) is 4.79 Å². The van der Waals surface area contributed by atoms with E-state index < -0.39 is 0 Å². The fraction of sp³-hybridized carbons (Fsp3) is 0.667. The van der Waals surface area contributed by atoms with Gasteiger partial charge in [0.05, 0.1) is 12.2 Å². The molecule has 2 fully saturated rings. The molecule has 5 heteroatoms. The molecule has 1 atom stereocenters. The number of nitrogens with one attached hydrogen (secondary N) is 1. The topological polar surface area (TPSA) is 35.6 Å². The van der Waals surface area contributed by atoms with Gasteiger partial charge in [-0.25, -0.2) is 0 Å². The minimum Gasteiger partial charge on any atom is -0.324 e. The minimum atomic E-state index is 0.0852. The third kappa shape index (κ3) is 5.80. The van der Waals surface area contributed by atoms with Crippen molar-refractivity contribution >= 4 is 27.5 Å². The first-order chi connectivity index (χ1) is 12.5. The number of piperidine rings is 2. The number of aryl methyl sites for hydroxylation is 1. The molecule has 26 heavy (non-hydrogen) atoms. The van der Waals surface area contributed by atoms with Crippen LogP contribution in [-0.4, -0.2) is 55.0 Å². The Kier molecular flexibility index (Phi) is 7.12. The third-order valence-electron chi connectivity index (χ3n) is 5.76. The first-order valence-corrected chi connectivity index (χ1v) is 10.8. The van der Waals surface area contributed by atoms with Crippen LogP contribution in [0.4, 0.5) is 5.69 Å². The number of anilines is 1. The molecule has 0 saturated carbocycles. The quantitative estimate of drug-likeness (QED) is 0.775. The molecule has 1 aromatic carbocycles. The molecule has 0 aliphatic carbocycles. The van der Waals surface area contributed by atoms with Gasteiger partial charge < -0.3 is 10.2 Å². The molecule has 4 nitrogen and oxygen atoms in total. The fourth-order valence-corrected chi connectivity index (χ4v) is 4.76. The van der Waals surface area contributed by atoms with E-state index >= 15 is 0 Å². The number of likely N-dealkylation sites (tertiary alicyclic amines) is 2. The second-order valence-electron chi connectivity index (χ2n) is 8.26. The molecule has 1 aromatic rings. The largest absolute Gasteiger partial charge is 0.324 e. The number of hydrogen-bond acceptors (Lipinski definition) is 3. The lowest BCUT2D eigenvalue weighted by atomic mass is 9.94. The van der Waals surface area contributed by atoms with Gasteiger partial charge >= 0.3 is 0 Å². The van der Waals surface area contributed by atoms with Crippen LogP contribution in [-0.2, 0) is 4.79 Å². The van der Waals surface area contributed by atoms with E-state index in [1.807, 2.05) is 25.1 Å². The van der Waals surface area contributed by atoms with Gasteiger partial charge in [0.1, 0.15) is 0 Å². The Labute approximate surface area is 166 Å². The molecule has 1 unspecified atom stereocenters. The van der Waals surface area contributed by atoms with Crippen LogP contribution in [0.1, 0.15) is 38.2 Å². The van der Waals surface area contributed by atoms with Crippen molar-refractivity contribution in [1.82, 2.24) is 9.80 Å². The van der Waals surface area contributed by atoms with Gasteiger partial charge in [-0.3, -0.25) is 9.69 Å². The summed E-state index contributed by atoms with van der Waals surface area (Å²) in [6.45, 7) is 10.7. The molecule has 2 aliphatic heterocycles. The van der Waals surface area contributed by atoms with Crippen molar-refractivity contribution in [3.05, 3.63) is 28.2 Å². The van der Waals surface area contributed by atoms with Crippen molar-refractivity contribution in [2.45, 2.75) is 39.5 Å². The smallest absolute Gasteiger partial charge is 0.238 e. The number of halogens is 1. The second kappa shape index (κ2) is 9.34. The van der Waals surface area contributed by atoms with E-state index in [0.29, 0.717) is 12.5 Å². The van der Waals surface area contributed by atoms with Crippen LogP contribution in [0.2, 0.25) is 0 Å². The molecule has 2 aliphatic rings. The van der Waals surface area contributed by atoms with Gasteiger partial charge in [-0.1, -0.05) is 13.0 Å². The molecule has 144 valence electrons. The van der Waals surface area contributed by atoms with Gasteiger partial charge in [0.25, 0.3) is 0 Å². The van der Waals surface area contributed by atoms with Crippen LogP contribution in [0.3, 0.4) is 0 Å². The van der Waals surface area contributed by atoms with E-state index in [1.54, 1.807) is 0 Å². The average Bonchev–Trinajstić information content (AvgIpc) is 2.60. The van der Waals surface area contributed by atoms with Crippen molar-refractivity contribution in [2.24, 2.45) is 11.8 Å². The number of amides is 1. The highest BCUT2D eigenvalue weighted by molar-refractivity contribution is 9.10. The Balaban J connectivity index is 1.46. The van der Waals surface area contributed by atoms with Crippen molar-refractivity contribution in [3.63, 3.8) is 0 Å². The summed E-state index contributed by atoms with van der Waals surface area (Å²) in [5.74, 6) is 1.68. The van der Waals surface area contributed by atoms with Gasteiger partial charge in [-0.15, -0.1) is 0 Å². The van der Waals surface area contributed by atoms with Crippen LogP contribution in [0, 0.1) is 18.8 Å². The third-order valence-corrected chi connectivity index (χ3v) is 6.42. The van der Waals surface area contributed by atoms with E-state index in [0.717, 1.165) is 29.2 Å². The summed E-state index contributed by atoms with van der Waals surface area (Å²) >= 11 is 3.54. The lowest BCUT2D eigenvalue weighted by Gasteiger charge is -2.37. The van der Waals surface area contributed by atoms with Gasteiger partial charge in [-0.2, -0.15) is 0 Å². The Bertz CT molecular complexity index is 613. The predicted molar refractivity (Wildman–Crippen MR) is 112 cm³/mol. The molecule has 1 N–H and O–H groups in total. The van der Waals surface area contributed by atoms with E-state index in [-0.39, 0.29) is 5.91 Å². The standard InChI is InChI=1S/C21H32BrN3O/c1-16-7-10-24(11-8-16)13-18-4-3-9-25(14-18)15-21(26)23-20-6-5-17(2)12-19(20)22/h5-6,12,16,18H,3-4,7-11,13-15H2,1-2H3,(H,23,26). The summed E-state index contributed by atoms with van der Waals surface area (Å²) in [6.07, 6.45) is 5.18. The Morgan fingerprint density at radius 3 is 2.69 bits per heavy atom. The highest BCUT2D eigenvalue weighted by Crippen LogP contribution is 2.24. The average molecular weight is 422 g/mol. The zero-order valence-corrected chi connectivity index (χ0v) is 17.7. The monoisotopic (exact) mass is 421 g/mol. The molecule has 0 radical (unpaired) electrons. The zero-order chi connectivity index (χ0) is 18.5. The molecule has 0 bridgehead atoms. The second-order valence-corrected chi connectivity index (χ2v) is 9.11. The number of carbonyl (C=O) groups is 1. The van der Waals surface area contributed by atoms with Crippen LogP contribution in [0.15, 0.2) is 22.7 Å². The van der Waals surface area contributed by atoms with Gasteiger partial charge in [-0.05, 0) is 97.7 Å². The number of rotatable bonds is 5. The molecular weight excluding hydrogens is 390 g/mol. The van der Waals surface area contributed by atoms with Crippen LogP contribution in [0.5, 0.6) is 0 Å². The molecular formula is C21H32BrN3O. The first-order valence-electron chi connectivity index (χ1n) is 10.0. The highest BCUT2D eigenvalue weighted by atomic mass is 79.9. The normalized spacial score (nSPS) is 23.1. The predicted octanol–water partition coefficient (Wildman–Crippen LogP) is 4.14. The fourth-order valence-electron chi connectivity index (χ4n) is 4.17. The molecule has 1 amide bonds. The molecule has 0 aromatic heterocycles.